The Morgan fingerprint density at radius 3 is 2.06 bits per heavy atom. The molecule has 7 nitrogen and oxygen atoms in total. The van der Waals surface area contributed by atoms with E-state index in [1.807, 2.05) is 0 Å². The summed E-state index contributed by atoms with van der Waals surface area (Å²) in [5.41, 5.74) is 2.01. The summed E-state index contributed by atoms with van der Waals surface area (Å²) in [6.07, 6.45) is 1.13. The number of nitrogens with one attached hydrogen (secondary N) is 2. The topological polar surface area (TPSA) is 109 Å². The van der Waals surface area contributed by atoms with Gasteiger partial charge in [0.15, 0.2) is 9.84 Å². The van der Waals surface area contributed by atoms with Crippen LogP contribution in [0.2, 0.25) is 0 Å². The summed E-state index contributed by atoms with van der Waals surface area (Å²) in [7, 11) is -7.09. The third kappa shape index (κ3) is 5.54. The predicted molar refractivity (Wildman–Crippen MR) is 124 cm³/mol. The summed E-state index contributed by atoms with van der Waals surface area (Å²) >= 11 is 0. The van der Waals surface area contributed by atoms with E-state index in [2.05, 4.69) is 10.0 Å². The van der Waals surface area contributed by atoms with E-state index in [0.29, 0.717) is 16.8 Å². The molecule has 0 aliphatic rings. The quantitative estimate of drug-likeness (QED) is 0.545. The van der Waals surface area contributed by atoms with E-state index in [4.69, 9.17) is 0 Å². The van der Waals surface area contributed by atoms with Gasteiger partial charge in [0.25, 0.3) is 15.9 Å². The first kappa shape index (κ1) is 23.5. The highest BCUT2D eigenvalue weighted by molar-refractivity contribution is 7.92. The summed E-state index contributed by atoms with van der Waals surface area (Å²) in [4.78, 5) is 13.1. The molecule has 3 rings (SSSR count). The third-order valence-electron chi connectivity index (χ3n) is 4.95. The van der Waals surface area contributed by atoms with Crippen LogP contribution in [-0.4, -0.2) is 29.0 Å². The number of aryl methyl sites for hydroxylation is 1. The molecule has 0 unspecified atom stereocenters. The highest BCUT2D eigenvalue weighted by Gasteiger charge is 2.18. The van der Waals surface area contributed by atoms with Crippen LogP contribution < -0.4 is 10.0 Å². The van der Waals surface area contributed by atoms with Gasteiger partial charge in [-0.3, -0.25) is 9.52 Å². The van der Waals surface area contributed by atoms with E-state index in [9.17, 15) is 21.6 Å². The molecule has 3 aromatic carbocycles. The number of rotatable bonds is 7. The van der Waals surface area contributed by atoms with Gasteiger partial charge in [-0.1, -0.05) is 36.4 Å². The zero-order chi connectivity index (χ0) is 23.5. The first-order valence-corrected chi connectivity index (χ1v) is 13.1. The van der Waals surface area contributed by atoms with Crippen molar-refractivity contribution in [3.63, 3.8) is 0 Å². The van der Waals surface area contributed by atoms with Gasteiger partial charge in [0.05, 0.1) is 21.5 Å². The Bertz CT molecular complexity index is 1330. The van der Waals surface area contributed by atoms with Crippen molar-refractivity contribution in [3.8, 4) is 0 Å². The number of amides is 1. The van der Waals surface area contributed by atoms with Crippen LogP contribution in [0.15, 0.2) is 82.6 Å². The minimum absolute atomic E-state index is 0.125. The molecule has 1 amide bonds. The van der Waals surface area contributed by atoms with E-state index in [1.165, 1.54) is 30.3 Å². The average Bonchev–Trinajstić information content (AvgIpc) is 2.75. The molecule has 0 heterocycles. The number of hydrogen-bond acceptors (Lipinski definition) is 5. The molecule has 0 aliphatic heterocycles. The zero-order valence-electron chi connectivity index (χ0n) is 17.9. The molecule has 0 fully saturated rings. The maximum atomic E-state index is 12.8. The van der Waals surface area contributed by atoms with E-state index in [1.54, 1.807) is 56.3 Å². The number of benzene rings is 3. The Labute approximate surface area is 188 Å². The molecular formula is C23H24N2O5S2. The van der Waals surface area contributed by atoms with Gasteiger partial charge in [-0.2, -0.15) is 0 Å². The first-order valence-electron chi connectivity index (χ1n) is 9.77. The molecule has 0 spiro atoms. The molecule has 9 heteroatoms. The molecule has 32 heavy (non-hydrogen) atoms. The summed E-state index contributed by atoms with van der Waals surface area (Å²) in [6.45, 7) is 3.52. The Morgan fingerprint density at radius 1 is 0.844 bits per heavy atom. The second-order valence-corrected chi connectivity index (χ2v) is 11.2. The number of hydrogen-bond donors (Lipinski definition) is 2. The molecule has 3 aromatic rings. The minimum atomic E-state index is -3.79. The van der Waals surface area contributed by atoms with Gasteiger partial charge in [0.2, 0.25) is 0 Å². The maximum absolute atomic E-state index is 12.8. The van der Waals surface area contributed by atoms with Gasteiger partial charge in [-0.05, 0) is 61.4 Å². The van der Waals surface area contributed by atoms with Crippen molar-refractivity contribution in [2.24, 2.45) is 0 Å². The molecular weight excluding hydrogens is 448 g/mol. The van der Waals surface area contributed by atoms with Crippen molar-refractivity contribution in [2.75, 3.05) is 11.0 Å². The van der Waals surface area contributed by atoms with Gasteiger partial charge >= 0.3 is 0 Å². The summed E-state index contributed by atoms with van der Waals surface area (Å²) in [5, 5.41) is 2.85. The second kappa shape index (κ2) is 9.13. The van der Waals surface area contributed by atoms with Gasteiger partial charge in [-0.15, -0.1) is 0 Å². The lowest BCUT2D eigenvalue weighted by Crippen LogP contribution is -2.27. The number of anilines is 1. The Morgan fingerprint density at radius 2 is 1.47 bits per heavy atom. The maximum Gasteiger partial charge on any atom is 0.261 e. The normalized spacial score (nSPS) is 12.7. The van der Waals surface area contributed by atoms with E-state index >= 15 is 0 Å². The van der Waals surface area contributed by atoms with Crippen LogP contribution in [0.4, 0.5) is 5.69 Å². The van der Waals surface area contributed by atoms with Crippen molar-refractivity contribution >= 4 is 31.5 Å². The molecule has 0 radical (unpaired) electrons. The molecule has 0 aliphatic carbocycles. The molecule has 2 N–H and O–H groups in total. The fraction of sp³-hybridized carbons (Fsp3) is 0.174. The lowest BCUT2D eigenvalue weighted by atomic mass is 10.1. The summed E-state index contributed by atoms with van der Waals surface area (Å²) in [6, 6.07) is 18.7. The van der Waals surface area contributed by atoms with Crippen molar-refractivity contribution < 1.29 is 21.6 Å². The molecule has 1 atom stereocenters. The Balaban J connectivity index is 1.78. The molecule has 0 bridgehead atoms. The largest absolute Gasteiger partial charge is 0.346 e. The van der Waals surface area contributed by atoms with Crippen LogP contribution >= 0.6 is 0 Å². The Kier molecular flexibility index (Phi) is 6.71. The number of carbonyl (C=O) groups excluding carboxylic acids is 1. The summed E-state index contributed by atoms with van der Waals surface area (Å²) in [5.74, 6) is -0.384. The molecule has 0 saturated carbocycles. The van der Waals surface area contributed by atoms with Gasteiger partial charge < -0.3 is 5.32 Å². The molecule has 0 saturated heterocycles. The first-order chi connectivity index (χ1) is 15.0. The standard InChI is InChI=1S/C23H24N2O5S2/c1-16-9-10-19(15-22(16)25-32(29,30)21-7-5-4-6-8-21)23(26)24-17(2)18-11-13-20(14-12-18)31(3,27)28/h4-15,17,25H,1-3H3,(H,24,26)/t17-/m0/s1. The van der Waals surface area contributed by atoms with Gasteiger partial charge in [-0.25, -0.2) is 16.8 Å². The monoisotopic (exact) mass is 472 g/mol. The fourth-order valence-electron chi connectivity index (χ4n) is 3.04. The van der Waals surface area contributed by atoms with Gasteiger partial charge in [0.1, 0.15) is 0 Å². The number of carbonyl (C=O) groups is 1. The van der Waals surface area contributed by atoms with Crippen LogP contribution in [0.5, 0.6) is 0 Å². The van der Waals surface area contributed by atoms with E-state index in [-0.39, 0.29) is 21.7 Å². The van der Waals surface area contributed by atoms with Crippen LogP contribution in [-0.2, 0) is 19.9 Å². The Hall–Kier alpha value is -3.17. The van der Waals surface area contributed by atoms with Crippen molar-refractivity contribution in [3.05, 3.63) is 89.5 Å². The van der Waals surface area contributed by atoms with Crippen molar-refractivity contribution in [2.45, 2.75) is 29.7 Å². The van der Waals surface area contributed by atoms with Crippen molar-refractivity contribution in [1.82, 2.24) is 5.32 Å². The van der Waals surface area contributed by atoms with E-state index < -0.39 is 19.9 Å². The van der Waals surface area contributed by atoms with Crippen LogP contribution in [0, 0.1) is 6.92 Å². The summed E-state index contributed by atoms with van der Waals surface area (Å²) < 4.78 is 51.0. The molecule has 0 aromatic heterocycles. The fourth-order valence-corrected chi connectivity index (χ4v) is 4.82. The van der Waals surface area contributed by atoms with Crippen LogP contribution in [0.3, 0.4) is 0 Å². The third-order valence-corrected chi connectivity index (χ3v) is 7.46. The second-order valence-electron chi connectivity index (χ2n) is 7.48. The van der Waals surface area contributed by atoms with Crippen LogP contribution in [0.25, 0.3) is 0 Å². The van der Waals surface area contributed by atoms with E-state index in [0.717, 1.165) is 11.8 Å². The van der Waals surface area contributed by atoms with Crippen molar-refractivity contribution in [1.29, 1.82) is 0 Å². The van der Waals surface area contributed by atoms with Crippen LogP contribution in [0.1, 0.15) is 34.5 Å². The average molecular weight is 473 g/mol. The lowest BCUT2D eigenvalue weighted by Gasteiger charge is -2.16. The number of sulfone groups is 1. The highest BCUT2D eigenvalue weighted by Crippen LogP contribution is 2.22. The lowest BCUT2D eigenvalue weighted by molar-refractivity contribution is 0.0940. The highest BCUT2D eigenvalue weighted by atomic mass is 32.2. The van der Waals surface area contributed by atoms with Gasteiger partial charge in [0, 0.05) is 11.8 Å². The molecule has 168 valence electrons. The predicted octanol–water partition coefficient (Wildman–Crippen LogP) is 3.69. The minimum Gasteiger partial charge on any atom is -0.346 e. The zero-order valence-corrected chi connectivity index (χ0v) is 19.5. The smallest absolute Gasteiger partial charge is 0.261 e. The number of sulfonamides is 1. The SMILES string of the molecule is Cc1ccc(C(=O)N[C@@H](C)c2ccc(S(C)(=O)=O)cc2)cc1NS(=O)(=O)c1ccccc1.